The number of carbonyl (C=O) groups excluding carboxylic acids is 1. The van der Waals surface area contributed by atoms with Gasteiger partial charge in [-0.3, -0.25) is 14.5 Å². The van der Waals surface area contributed by atoms with Gasteiger partial charge in [-0.25, -0.2) is 4.98 Å². The van der Waals surface area contributed by atoms with Gasteiger partial charge in [0.2, 0.25) is 0 Å². The number of hydrogen-bond donors (Lipinski definition) is 1. The summed E-state index contributed by atoms with van der Waals surface area (Å²) in [7, 11) is 1.62. The average molecular weight is 495 g/mol. The molecule has 3 aromatic rings. The minimum absolute atomic E-state index is 0.00923. The van der Waals surface area contributed by atoms with Crippen molar-refractivity contribution in [3.05, 3.63) is 56.4 Å². The number of nitrogens with one attached hydrogen (secondary N) is 1. The second-order valence-electron chi connectivity index (χ2n) is 10.8. The molecule has 1 saturated heterocycles. The molecular weight excluding hydrogens is 460 g/mol. The predicted molar refractivity (Wildman–Crippen MR) is 139 cm³/mol. The highest BCUT2D eigenvalue weighted by molar-refractivity contribution is 7.18. The van der Waals surface area contributed by atoms with Crippen LogP contribution in [0.15, 0.2) is 29.1 Å². The number of fused-ring (bicyclic) bond motifs is 3. The molecule has 0 bridgehead atoms. The molecule has 0 unspecified atom stereocenters. The fourth-order valence-corrected chi connectivity index (χ4v) is 6.60. The van der Waals surface area contributed by atoms with E-state index in [4.69, 9.17) is 9.72 Å². The fourth-order valence-electron chi connectivity index (χ4n) is 5.28. The zero-order chi connectivity index (χ0) is 24.7. The van der Waals surface area contributed by atoms with E-state index in [0.29, 0.717) is 36.9 Å². The highest BCUT2D eigenvalue weighted by Crippen LogP contribution is 2.42. The molecule has 1 aliphatic heterocycles. The van der Waals surface area contributed by atoms with Crippen LogP contribution in [-0.4, -0.2) is 59.0 Å². The molecule has 1 N–H and O–H groups in total. The highest BCUT2D eigenvalue weighted by Gasteiger charge is 2.32. The quantitative estimate of drug-likeness (QED) is 0.591. The van der Waals surface area contributed by atoms with E-state index in [9.17, 15) is 9.59 Å². The summed E-state index contributed by atoms with van der Waals surface area (Å²) < 4.78 is 5.18. The smallest absolute Gasteiger partial charge is 0.259 e. The van der Waals surface area contributed by atoms with E-state index in [1.54, 1.807) is 18.4 Å². The van der Waals surface area contributed by atoms with Gasteiger partial charge in [0, 0.05) is 36.6 Å². The first-order valence-corrected chi connectivity index (χ1v) is 13.2. The zero-order valence-corrected chi connectivity index (χ0v) is 21.8. The number of piperazine rings is 1. The Bertz CT molecular complexity index is 1280. The monoisotopic (exact) mass is 494 g/mol. The van der Waals surface area contributed by atoms with Crippen molar-refractivity contribution in [3.63, 3.8) is 0 Å². The van der Waals surface area contributed by atoms with Crippen LogP contribution < -0.4 is 10.3 Å². The van der Waals surface area contributed by atoms with Gasteiger partial charge in [-0.1, -0.05) is 20.8 Å². The van der Waals surface area contributed by atoms with Crippen LogP contribution in [0.3, 0.4) is 0 Å². The number of aromatic amines is 1. The maximum absolute atomic E-state index is 13.0. The first-order valence-electron chi connectivity index (χ1n) is 12.4. The normalized spacial score (nSPS) is 19.1. The van der Waals surface area contributed by atoms with Crippen molar-refractivity contribution in [2.45, 2.75) is 46.6 Å². The number of aromatic nitrogens is 2. The SMILES string of the molecule is COc1ccc(C(=O)N2CCN(Cc3nc4sc5c(c4c(=O)[nH]3)CC[C@@H](C(C)(C)C)C5)CC2)cc1. The summed E-state index contributed by atoms with van der Waals surface area (Å²) in [6.07, 6.45) is 3.13. The summed E-state index contributed by atoms with van der Waals surface area (Å²) in [5.74, 6) is 2.13. The zero-order valence-electron chi connectivity index (χ0n) is 21.0. The van der Waals surface area contributed by atoms with Crippen LogP contribution in [0.4, 0.5) is 0 Å². The molecule has 7 nitrogen and oxygen atoms in total. The van der Waals surface area contributed by atoms with E-state index in [-0.39, 0.29) is 16.9 Å². The van der Waals surface area contributed by atoms with Crippen LogP contribution in [0.25, 0.3) is 10.2 Å². The lowest BCUT2D eigenvalue weighted by atomic mass is 9.72. The summed E-state index contributed by atoms with van der Waals surface area (Å²) in [6, 6.07) is 7.24. The number of rotatable bonds is 4. The van der Waals surface area contributed by atoms with Gasteiger partial charge in [-0.2, -0.15) is 0 Å². The van der Waals surface area contributed by atoms with Crippen molar-refractivity contribution in [2.75, 3.05) is 33.3 Å². The standard InChI is InChI=1S/C27H34N4O3S/c1-27(2,3)18-7-10-20-21(15-18)35-25-23(20)24(32)28-22(29-25)16-30-11-13-31(14-12-30)26(33)17-5-8-19(34-4)9-6-17/h5-6,8-9,18H,7,10-16H2,1-4H3,(H,28,29,32)/t18-/m1/s1. The maximum Gasteiger partial charge on any atom is 0.259 e. The second kappa shape index (κ2) is 9.39. The number of nitrogens with zero attached hydrogens (tertiary/aromatic N) is 3. The number of ether oxygens (including phenoxy) is 1. The molecule has 1 amide bonds. The van der Waals surface area contributed by atoms with Gasteiger partial charge < -0.3 is 14.6 Å². The molecule has 1 atom stereocenters. The van der Waals surface area contributed by atoms with Crippen molar-refractivity contribution in [3.8, 4) is 5.75 Å². The Labute approximate surface area is 210 Å². The van der Waals surface area contributed by atoms with E-state index in [1.165, 1.54) is 10.4 Å². The van der Waals surface area contributed by atoms with Crippen molar-refractivity contribution < 1.29 is 9.53 Å². The van der Waals surface area contributed by atoms with Crippen molar-refractivity contribution in [1.29, 1.82) is 0 Å². The van der Waals surface area contributed by atoms with Gasteiger partial charge in [0.1, 0.15) is 16.4 Å². The lowest BCUT2D eigenvalue weighted by molar-refractivity contribution is 0.0625. The number of carbonyl (C=O) groups is 1. The molecule has 2 aliphatic rings. The fraction of sp³-hybridized carbons (Fsp3) is 0.519. The highest BCUT2D eigenvalue weighted by atomic mass is 32.1. The number of H-pyrrole nitrogens is 1. The number of aryl methyl sites for hydroxylation is 1. The minimum Gasteiger partial charge on any atom is -0.497 e. The molecule has 8 heteroatoms. The first kappa shape index (κ1) is 24.0. The Hall–Kier alpha value is -2.71. The summed E-state index contributed by atoms with van der Waals surface area (Å²) in [5, 5.41) is 0.802. The summed E-state index contributed by atoms with van der Waals surface area (Å²) in [5.41, 5.74) is 2.16. The predicted octanol–water partition coefficient (Wildman–Crippen LogP) is 4.10. The average Bonchev–Trinajstić information content (AvgIpc) is 3.21. The molecule has 35 heavy (non-hydrogen) atoms. The maximum atomic E-state index is 13.0. The molecular formula is C27H34N4O3S. The van der Waals surface area contributed by atoms with Crippen LogP contribution in [0, 0.1) is 11.3 Å². The van der Waals surface area contributed by atoms with E-state index in [2.05, 4.69) is 30.7 Å². The summed E-state index contributed by atoms with van der Waals surface area (Å²) >= 11 is 1.70. The summed E-state index contributed by atoms with van der Waals surface area (Å²) in [4.78, 5) is 40.1. The minimum atomic E-state index is -0.00923. The number of methoxy groups -OCH3 is 1. The van der Waals surface area contributed by atoms with E-state index in [0.717, 1.165) is 48.3 Å². The molecule has 1 aliphatic carbocycles. The van der Waals surface area contributed by atoms with Crippen LogP contribution >= 0.6 is 11.3 Å². The third kappa shape index (κ3) is 4.86. The molecule has 0 saturated carbocycles. The van der Waals surface area contributed by atoms with Crippen molar-refractivity contribution in [1.82, 2.24) is 19.8 Å². The van der Waals surface area contributed by atoms with Crippen LogP contribution in [0.2, 0.25) is 0 Å². The molecule has 5 rings (SSSR count). The molecule has 2 aromatic heterocycles. The first-order chi connectivity index (χ1) is 16.7. The van der Waals surface area contributed by atoms with Crippen molar-refractivity contribution >= 4 is 27.5 Å². The van der Waals surface area contributed by atoms with E-state index < -0.39 is 0 Å². The topological polar surface area (TPSA) is 78.5 Å². The molecule has 186 valence electrons. The van der Waals surface area contributed by atoms with Gasteiger partial charge in [-0.15, -0.1) is 11.3 Å². The largest absolute Gasteiger partial charge is 0.497 e. The number of benzene rings is 1. The Morgan fingerprint density at radius 2 is 1.89 bits per heavy atom. The molecule has 1 aromatic carbocycles. The van der Waals surface area contributed by atoms with Gasteiger partial charge in [0.15, 0.2) is 0 Å². The third-order valence-corrected chi connectivity index (χ3v) is 8.71. The van der Waals surface area contributed by atoms with E-state index in [1.807, 2.05) is 29.2 Å². The van der Waals surface area contributed by atoms with Crippen molar-refractivity contribution in [2.24, 2.45) is 11.3 Å². The number of hydrogen-bond acceptors (Lipinski definition) is 6. The van der Waals surface area contributed by atoms with Crippen LogP contribution in [-0.2, 0) is 19.4 Å². The second-order valence-corrected chi connectivity index (χ2v) is 11.9. The van der Waals surface area contributed by atoms with E-state index >= 15 is 0 Å². The number of thiophene rings is 1. The number of amides is 1. The Kier molecular flexibility index (Phi) is 6.44. The molecule has 3 heterocycles. The third-order valence-electron chi connectivity index (χ3n) is 7.56. The van der Waals surface area contributed by atoms with Crippen LogP contribution in [0.5, 0.6) is 5.75 Å². The van der Waals surface area contributed by atoms with Gasteiger partial charge in [-0.05, 0) is 60.4 Å². The lowest BCUT2D eigenvalue weighted by Gasteiger charge is -2.34. The molecule has 0 radical (unpaired) electrons. The Balaban J connectivity index is 1.25. The Morgan fingerprint density at radius 3 is 2.54 bits per heavy atom. The van der Waals surface area contributed by atoms with Gasteiger partial charge in [0.25, 0.3) is 11.5 Å². The lowest BCUT2D eigenvalue weighted by Crippen LogP contribution is -2.48. The molecule has 1 fully saturated rings. The van der Waals surface area contributed by atoms with Gasteiger partial charge >= 0.3 is 0 Å². The molecule has 0 spiro atoms. The Morgan fingerprint density at radius 1 is 1.17 bits per heavy atom. The summed E-state index contributed by atoms with van der Waals surface area (Å²) in [6.45, 7) is 10.3. The van der Waals surface area contributed by atoms with Crippen LogP contribution in [0.1, 0.15) is 53.8 Å². The van der Waals surface area contributed by atoms with Gasteiger partial charge in [0.05, 0.1) is 19.0 Å².